The Kier molecular flexibility index (Phi) is 6.12. The van der Waals surface area contributed by atoms with E-state index >= 15 is 0 Å². The fraction of sp³-hybridized carbons (Fsp3) is 0.889. The third-order valence-corrected chi connectivity index (χ3v) is 4.80. The van der Waals surface area contributed by atoms with Crippen LogP contribution in [0.25, 0.3) is 0 Å². The first-order valence-corrected chi connectivity index (χ1v) is 9.13. The average molecular weight is 339 g/mol. The van der Waals surface area contributed by atoms with Crippen LogP contribution in [0, 0.1) is 5.92 Å². The second-order valence-corrected chi connectivity index (χ2v) is 8.15. The number of rotatable bonds is 3. The van der Waals surface area contributed by atoms with Crippen molar-refractivity contribution in [3.05, 3.63) is 0 Å². The first kappa shape index (κ1) is 19.0. The summed E-state index contributed by atoms with van der Waals surface area (Å²) in [7, 11) is 1.74. The molecule has 2 rings (SSSR count). The molecule has 0 aromatic heterocycles. The molecule has 1 saturated heterocycles. The van der Waals surface area contributed by atoms with Crippen molar-refractivity contribution in [2.75, 3.05) is 26.7 Å². The molecule has 1 heterocycles. The average Bonchev–Trinajstić information content (AvgIpc) is 2.97. The van der Waals surface area contributed by atoms with E-state index in [1.54, 1.807) is 7.05 Å². The molecule has 0 amide bonds. The fourth-order valence-corrected chi connectivity index (χ4v) is 3.49. The highest BCUT2D eigenvalue weighted by molar-refractivity contribution is 5.82. The van der Waals surface area contributed by atoms with Gasteiger partial charge in [-0.2, -0.15) is 0 Å². The Morgan fingerprint density at radius 1 is 1.33 bits per heavy atom. The fourth-order valence-electron chi connectivity index (χ4n) is 3.49. The Balaban J connectivity index is 1.85. The van der Waals surface area contributed by atoms with Gasteiger partial charge >= 0.3 is 5.97 Å². The van der Waals surface area contributed by atoms with E-state index in [1.165, 1.54) is 6.42 Å². The zero-order chi connectivity index (χ0) is 17.8. The molecular formula is C18H33N3O3. The molecule has 0 bridgehead atoms. The molecule has 2 fully saturated rings. The molecule has 1 unspecified atom stereocenters. The number of aliphatic imine (C=N–C) groups is 1. The van der Waals surface area contributed by atoms with E-state index in [1.807, 2.05) is 20.8 Å². The van der Waals surface area contributed by atoms with Crippen molar-refractivity contribution < 1.29 is 14.6 Å². The number of ether oxygens (including phenoxy) is 1. The quantitative estimate of drug-likeness (QED) is 0.467. The highest BCUT2D eigenvalue weighted by atomic mass is 16.6. The first-order valence-electron chi connectivity index (χ1n) is 9.13. The lowest BCUT2D eigenvalue weighted by Crippen LogP contribution is -2.49. The molecule has 138 valence electrons. The molecular weight excluding hydrogens is 306 g/mol. The minimum absolute atomic E-state index is 0.111. The summed E-state index contributed by atoms with van der Waals surface area (Å²) >= 11 is 0. The number of nitrogens with zero attached hydrogens (tertiary/aromatic N) is 2. The number of likely N-dealkylation sites (tertiary alicyclic amines) is 1. The van der Waals surface area contributed by atoms with Gasteiger partial charge in [-0.05, 0) is 40.0 Å². The van der Waals surface area contributed by atoms with Crippen molar-refractivity contribution in [1.29, 1.82) is 0 Å². The number of nitrogens with one attached hydrogen (secondary N) is 1. The normalized spacial score (nSPS) is 24.8. The van der Waals surface area contributed by atoms with Gasteiger partial charge in [-0.15, -0.1) is 0 Å². The van der Waals surface area contributed by atoms with Crippen molar-refractivity contribution in [3.8, 4) is 0 Å². The maximum absolute atomic E-state index is 12.2. The summed E-state index contributed by atoms with van der Waals surface area (Å²) in [5.74, 6) is 0.520. The highest BCUT2D eigenvalue weighted by Crippen LogP contribution is 2.27. The molecule has 0 radical (unpaired) electrons. The van der Waals surface area contributed by atoms with Crippen molar-refractivity contribution >= 4 is 11.9 Å². The number of hydrogen-bond acceptors (Lipinski definition) is 4. The Bertz CT molecular complexity index is 465. The van der Waals surface area contributed by atoms with Gasteiger partial charge in [0.2, 0.25) is 0 Å². The lowest BCUT2D eigenvalue weighted by atomic mass is 9.85. The molecule has 0 aromatic carbocycles. The Labute approximate surface area is 145 Å². The second-order valence-electron chi connectivity index (χ2n) is 8.15. The maximum Gasteiger partial charge on any atom is 0.311 e. The SMILES string of the molecule is CN=C(NCC1(O)CCCCC1)N1CCC(C(=O)OC(C)(C)C)C1. The summed E-state index contributed by atoms with van der Waals surface area (Å²) in [5, 5.41) is 13.9. The summed E-state index contributed by atoms with van der Waals surface area (Å²) in [6.07, 6.45) is 5.85. The van der Waals surface area contributed by atoms with Gasteiger partial charge in [-0.1, -0.05) is 19.3 Å². The Morgan fingerprint density at radius 3 is 2.58 bits per heavy atom. The van der Waals surface area contributed by atoms with E-state index in [-0.39, 0.29) is 11.9 Å². The zero-order valence-electron chi connectivity index (χ0n) is 15.6. The van der Waals surface area contributed by atoms with Crippen LogP contribution in [0.3, 0.4) is 0 Å². The number of carbonyl (C=O) groups is 1. The van der Waals surface area contributed by atoms with Gasteiger partial charge in [0.25, 0.3) is 0 Å². The molecule has 0 aromatic rings. The lowest BCUT2D eigenvalue weighted by molar-refractivity contribution is -0.159. The van der Waals surface area contributed by atoms with E-state index in [4.69, 9.17) is 4.74 Å². The first-order chi connectivity index (χ1) is 11.2. The predicted octanol–water partition coefficient (Wildman–Crippen LogP) is 1.92. The molecule has 6 nitrogen and oxygen atoms in total. The molecule has 24 heavy (non-hydrogen) atoms. The van der Waals surface area contributed by atoms with E-state index in [0.717, 1.165) is 44.6 Å². The van der Waals surface area contributed by atoms with Crippen LogP contribution in [0.4, 0.5) is 0 Å². The van der Waals surface area contributed by atoms with Crippen molar-refractivity contribution in [2.24, 2.45) is 10.9 Å². The number of guanidine groups is 1. The standard InChI is InChI=1S/C18H33N3O3/c1-17(2,3)24-15(22)14-8-11-21(12-14)16(19-4)20-13-18(23)9-6-5-7-10-18/h14,23H,5-13H2,1-4H3,(H,19,20). The van der Waals surface area contributed by atoms with Crippen LogP contribution < -0.4 is 5.32 Å². The van der Waals surface area contributed by atoms with Gasteiger partial charge in [0.15, 0.2) is 5.96 Å². The van der Waals surface area contributed by atoms with Crippen LogP contribution in [0.2, 0.25) is 0 Å². The molecule has 1 saturated carbocycles. The number of aliphatic hydroxyl groups is 1. The van der Waals surface area contributed by atoms with Crippen molar-refractivity contribution in [3.63, 3.8) is 0 Å². The number of esters is 1. The number of hydrogen-bond donors (Lipinski definition) is 2. The third kappa shape index (κ3) is 5.36. The summed E-state index contributed by atoms with van der Waals surface area (Å²) in [4.78, 5) is 18.6. The number of carbonyl (C=O) groups excluding carboxylic acids is 1. The van der Waals surface area contributed by atoms with Crippen LogP contribution in [0.1, 0.15) is 59.3 Å². The second kappa shape index (κ2) is 7.72. The minimum Gasteiger partial charge on any atom is -0.460 e. The summed E-state index contributed by atoms with van der Waals surface area (Å²) in [5.41, 5.74) is -1.08. The molecule has 6 heteroatoms. The predicted molar refractivity (Wildman–Crippen MR) is 94.9 cm³/mol. The molecule has 0 spiro atoms. The van der Waals surface area contributed by atoms with E-state index in [9.17, 15) is 9.90 Å². The zero-order valence-corrected chi connectivity index (χ0v) is 15.6. The van der Waals surface area contributed by atoms with E-state index in [0.29, 0.717) is 13.1 Å². The van der Waals surface area contributed by atoms with Crippen molar-refractivity contribution in [2.45, 2.75) is 70.5 Å². The van der Waals surface area contributed by atoms with Gasteiger partial charge < -0.3 is 20.1 Å². The largest absolute Gasteiger partial charge is 0.460 e. The van der Waals surface area contributed by atoms with E-state index < -0.39 is 11.2 Å². The van der Waals surface area contributed by atoms with Gasteiger partial charge in [0.1, 0.15) is 5.60 Å². The van der Waals surface area contributed by atoms with Crippen LogP contribution in [0.15, 0.2) is 4.99 Å². The Morgan fingerprint density at radius 2 is 2.00 bits per heavy atom. The molecule has 1 atom stereocenters. The molecule has 2 N–H and O–H groups in total. The summed E-state index contributed by atoms with van der Waals surface area (Å²) < 4.78 is 5.49. The highest BCUT2D eigenvalue weighted by Gasteiger charge is 2.34. The minimum atomic E-state index is -0.627. The Hall–Kier alpha value is -1.30. The van der Waals surface area contributed by atoms with E-state index in [2.05, 4.69) is 15.2 Å². The maximum atomic E-state index is 12.2. The van der Waals surface area contributed by atoms with Crippen LogP contribution in [-0.2, 0) is 9.53 Å². The third-order valence-electron chi connectivity index (χ3n) is 4.80. The van der Waals surface area contributed by atoms with Crippen LogP contribution in [-0.4, -0.2) is 59.8 Å². The topological polar surface area (TPSA) is 74.2 Å². The van der Waals surface area contributed by atoms with Gasteiger partial charge in [0, 0.05) is 26.7 Å². The lowest BCUT2D eigenvalue weighted by Gasteiger charge is -2.33. The van der Waals surface area contributed by atoms with Gasteiger partial charge in [-0.25, -0.2) is 0 Å². The molecule has 1 aliphatic heterocycles. The monoisotopic (exact) mass is 339 g/mol. The van der Waals surface area contributed by atoms with Gasteiger partial charge in [-0.3, -0.25) is 9.79 Å². The van der Waals surface area contributed by atoms with Crippen LogP contribution >= 0.6 is 0 Å². The summed E-state index contributed by atoms with van der Waals surface area (Å²) in [6, 6.07) is 0. The summed E-state index contributed by atoms with van der Waals surface area (Å²) in [6.45, 7) is 7.59. The van der Waals surface area contributed by atoms with Crippen LogP contribution in [0.5, 0.6) is 0 Å². The smallest absolute Gasteiger partial charge is 0.311 e. The van der Waals surface area contributed by atoms with Crippen molar-refractivity contribution in [1.82, 2.24) is 10.2 Å². The molecule has 1 aliphatic carbocycles. The van der Waals surface area contributed by atoms with Gasteiger partial charge in [0.05, 0.1) is 11.5 Å². The molecule has 2 aliphatic rings.